The molecule has 2 heterocycles. The Labute approximate surface area is 161 Å². The first-order chi connectivity index (χ1) is 13.8. The second-order valence-electron chi connectivity index (χ2n) is 6.66. The predicted molar refractivity (Wildman–Crippen MR) is 110 cm³/mol. The van der Waals surface area contributed by atoms with Crippen LogP contribution in [-0.2, 0) is 11.2 Å². The Morgan fingerprint density at radius 1 is 0.929 bits per heavy atom. The molecule has 136 valence electrons. The van der Waals surface area contributed by atoms with Crippen LogP contribution in [0.15, 0.2) is 89.6 Å². The van der Waals surface area contributed by atoms with Gasteiger partial charge in [-0.25, -0.2) is 4.68 Å². The first-order valence-electron chi connectivity index (χ1n) is 9.06. The summed E-state index contributed by atoms with van der Waals surface area (Å²) >= 11 is 0. The van der Waals surface area contributed by atoms with Gasteiger partial charge in [0.05, 0.1) is 18.3 Å². The quantitative estimate of drug-likeness (QED) is 0.489. The molecule has 0 atom stereocenters. The van der Waals surface area contributed by atoms with E-state index in [9.17, 15) is 4.79 Å². The van der Waals surface area contributed by atoms with Crippen LogP contribution in [-0.4, -0.2) is 15.7 Å². The largest absolute Gasteiger partial charge is 0.456 e. The van der Waals surface area contributed by atoms with Gasteiger partial charge in [0.15, 0.2) is 0 Å². The predicted octanol–water partition coefficient (Wildman–Crippen LogP) is 4.95. The van der Waals surface area contributed by atoms with Gasteiger partial charge in [0.25, 0.3) is 0 Å². The van der Waals surface area contributed by atoms with E-state index in [1.807, 2.05) is 79.0 Å². The van der Waals surface area contributed by atoms with E-state index >= 15 is 0 Å². The number of rotatable bonds is 4. The summed E-state index contributed by atoms with van der Waals surface area (Å²) in [6.45, 7) is 0. The summed E-state index contributed by atoms with van der Waals surface area (Å²) in [4.78, 5) is 12.5. The lowest BCUT2D eigenvalue weighted by molar-refractivity contribution is -0.115. The van der Waals surface area contributed by atoms with E-state index in [2.05, 4.69) is 10.4 Å². The van der Waals surface area contributed by atoms with Gasteiger partial charge in [0, 0.05) is 22.7 Å². The van der Waals surface area contributed by atoms with Crippen LogP contribution in [0, 0.1) is 0 Å². The van der Waals surface area contributed by atoms with Crippen molar-refractivity contribution in [2.24, 2.45) is 0 Å². The molecule has 5 nitrogen and oxygen atoms in total. The maximum atomic E-state index is 12.5. The van der Waals surface area contributed by atoms with Crippen LogP contribution in [0.25, 0.3) is 27.6 Å². The highest BCUT2D eigenvalue weighted by molar-refractivity contribution is 6.07. The average molecular weight is 367 g/mol. The molecule has 0 radical (unpaired) electrons. The summed E-state index contributed by atoms with van der Waals surface area (Å²) in [6.07, 6.45) is 3.86. The summed E-state index contributed by atoms with van der Waals surface area (Å²) in [5.74, 6) is -0.0836. The number of hydrogen-bond acceptors (Lipinski definition) is 3. The zero-order valence-electron chi connectivity index (χ0n) is 15.0. The van der Waals surface area contributed by atoms with Crippen LogP contribution in [0.1, 0.15) is 5.56 Å². The van der Waals surface area contributed by atoms with Crippen molar-refractivity contribution in [2.45, 2.75) is 6.42 Å². The molecular formula is C23H17N3O2. The first-order valence-corrected chi connectivity index (χ1v) is 9.06. The Hall–Kier alpha value is -3.86. The minimum Gasteiger partial charge on any atom is -0.456 e. The number of carbonyl (C=O) groups excluding carboxylic acids is 1. The summed E-state index contributed by atoms with van der Waals surface area (Å²) in [7, 11) is 0. The number of aromatic nitrogens is 2. The van der Waals surface area contributed by atoms with E-state index in [-0.39, 0.29) is 12.3 Å². The van der Waals surface area contributed by atoms with Gasteiger partial charge < -0.3 is 9.73 Å². The van der Waals surface area contributed by atoms with Crippen LogP contribution in [0.2, 0.25) is 0 Å². The van der Waals surface area contributed by atoms with E-state index in [4.69, 9.17) is 4.42 Å². The lowest BCUT2D eigenvalue weighted by atomic mass is 10.1. The molecule has 0 aliphatic rings. The van der Waals surface area contributed by atoms with Crippen molar-refractivity contribution >= 4 is 33.5 Å². The standard InChI is InChI=1S/C23H17N3O2/c27-23(12-16-14-24-26(15-16)18-6-2-1-3-7-18)25-17-10-11-22-20(13-17)19-8-4-5-9-21(19)28-22/h1-11,13-15H,12H2,(H,25,27). The van der Waals surface area contributed by atoms with Crippen LogP contribution in [0.3, 0.4) is 0 Å². The number of nitrogens with one attached hydrogen (secondary N) is 1. The molecule has 2 aromatic heterocycles. The van der Waals surface area contributed by atoms with Crippen LogP contribution >= 0.6 is 0 Å². The van der Waals surface area contributed by atoms with E-state index in [0.29, 0.717) is 0 Å². The second kappa shape index (κ2) is 6.70. The van der Waals surface area contributed by atoms with Crippen molar-refractivity contribution < 1.29 is 9.21 Å². The van der Waals surface area contributed by atoms with Crippen molar-refractivity contribution in [2.75, 3.05) is 5.32 Å². The van der Waals surface area contributed by atoms with E-state index in [0.717, 1.165) is 38.9 Å². The third-order valence-electron chi connectivity index (χ3n) is 4.68. The van der Waals surface area contributed by atoms with Gasteiger partial charge in [-0.2, -0.15) is 5.10 Å². The zero-order valence-corrected chi connectivity index (χ0v) is 15.0. The number of hydrogen-bond donors (Lipinski definition) is 1. The normalized spacial score (nSPS) is 11.1. The number of furan rings is 1. The van der Waals surface area contributed by atoms with Gasteiger partial charge >= 0.3 is 0 Å². The average Bonchev–Trinajstić information content (AvgIpc) is 3.33. The Kier molecular flexibility index (Phi) is 3.91. The molecule has 5 rings (SSSR count). The molecule has 5 aromatic rings. The van der Waals surface area contributed by atoms with Gasteiger partial charge in [-0.3, -0.25) is 4.79 Å². The molecule has 0 aliphatic carbocycles. The fourth-order valence-electron chi connectivity index (χ4n) is 3.37. The van der Waals surface area contributed by atoms with Crippen LogP contribution in [0.4, 0.5) is 5.69 Å². The Morgan fingerprint density at radius 2 is 1.71 bits per heavy atom. The lowest BCUT2D eigenvalue weighted by Crippen LogP contribution is -2.13. The number of amides is 1. The third-order valence-corrected chi connectivity index (χ3v) is 4.68. The molecule has 0 saturated heterocycles. The lowest BCUT2D eigenvalue weighted by Gasteiger charge is -2.04. The highest BCUT2D eigenvalue weighted by atomic mass is 16.3. The van der Waals surface area contributed by atoms with Crippen molar-refractivity contribution in [3.8, 4) is 5.69 Å². The van der Waals surface area contributed by atoms with Gasteiger partial charge in [-0.05, 0) is 42.0 Å². The molecule has 0 unspecified atom stereocenters. The maximum absolute atomic E-state index is 12.5. The van der Waals surface area contributed by atoms with E-state index < -0.39 is 0 Å². The Balaban J connectivity index is 1.34. The molecule has 28 heavy (non-hydrogen) atoms. The van der Waals surface area contributed by atoms with Gasteiger partial charge in [-0.1, -0.05) is 36.4 Å². The summed E-state index contributed by atoms with van der Waals surface area (Å²) < 4.78 is 7.60. The van der Waals surface area contributed by atoms with Crippen molar-refractivity contribution in [1.29, 1.82) is 0 Å². The zero-order chi connectivity index (χ0) is 18.9. The van der Waals surface area contributed by atoms with Gasteiger partial charge in [0.1, 0.15) is 11.2 Å². The molecule has 0 spiro atoms. The number of carbonyl (C=O) groups is 1. The Morgan fingerprint density at radius 3 is 2.61 bits per heavy atom. The number of benzene rings is 3. The Bertz CT molecular complexity index is 1290. The number of nitrogens with zero attached hydrogens (tertiary/aromatic N) is 2. The minimum absolute atomic E-state index is 0.0836. The monoisotopic (exact) mass is 367 g/mol. The van der Waals surface area contributed by atoms with Crippen molar-refractivity contribution in [1.82, 2.24) is 9.78 Å². The van der Waals surface area contributed by atoms with Crippen molar-refractivity contribution in [3.63, 3.8) is 0 Å². The summed E-state index contributed by atoms with van der Waals surface area (Å²) in [5, 5.41) is 9.34. The summed E-state index contributed by atoms with van der Waals surface area (Å²) in [5.41, 5.74) is 4.22. The van der Waals surface area contributed by atoms with E-state index in [1.54, 1.807) is 10.9 Å². The maximum Gasteiger partial charge on any atom is 0.228 e. The third kappa shape index (κ3) is 3.03. The smallest absolute Gasteiger partial charge is 0.228 e. The molecule has 0 fully saturated rings. The fourth-order valence-corrected chi connectivity index (χ4v) is 3.37. The number of fused-ring (bicyclic) bond motifs is 3. The van der Waals surface area contributed by atoms with E-state index in [1.165, 1.54) is 0 Å². The highest BCUT2D eigenvalue weighted by Gasteiger charge is 2.10. The van der Waals surface area contributed by atoms with Crippen molar-refractivity contribution in [3.05, 3.63) is 90.8 Å². The SMILES string of the molecule is O=C(Cc1cnn(-c2ccccc2)c1)Nc1ccc2oc3ccccc3c2c1. The van der Waals surface area contributed by atoms with Crippen LogP contribution < -0.4 is 5.32 Å². The molecule has 1 amide bonds. The highest BCUT2D eigenvalue weighted by Crippen LogP contribution is 2.30. The minimum atomic E-state index is -0.0836. The van der Waals surface area contributed by atoms with Gasteiger partial charge in [0.2, 0.25) is 5.91 Å². The van der Waals surface area contributed by atoms with Crippen LogP contribution in [0.5, 0.6) is 0 Å². The first kappa shape index (κ1) is 16.3. The molecule has 3 aromatic carbocycles. The van der Waals surface area contributed by atoms with Gasteiger partial charge in [-0.15, -0.1) is 0 Å². The number of para-hydroxylation sites is 2. The fraction of sp³-hybridized carbons (Fsp3) is 0.0435. The number of anilines is 1. The molecule has 5 heteroatoms. The molecule has 0 saturated carbocycles. The molecule has 1 N–H and O–H groups in total. The molecular weight excluding hydrogens is 350 g/mol. The second-order valence-corrected chi connectivity index (χ2v) is 6.66. The molecule has 0 aliphatic heterocycles. The topological polar surface area (TPSA) is 60.1 Å². The molecule has 0 bridgehead atoms. The summed E-state index contributed by atoms with van der Waals surface area (Å²) in [6, 6.07) is 23.4.